The Kier molecular flexibility index (Phi) is 3.88. The van der Waals surface area contributed by atoms with Crippen LogP contribution in [0.25, 0.3) is 0 Å². The molecule has 0 bridgehead atoms. The maximum absolute atomic E-state index is 5.68. The summed E-state index contributed by atoms with van der Waals surface area (Å²) in [4.78, 5) is 4.34. The van der Waals surface area contributed by atoms with Crippen molar-refractivity contribution >= 4 is 22.9 Å². The molecule has 2 aromatic rings. The maximum Gasteiger partial charge on any atom is 0.228 e. The number of rotatable bonds is 5. The quantitative estimate of drug-likeness (QED) is 0.798. The lowest BCUT2D eigenvalue weighted by molar-refractivity contribution is 0.380. The van der Waals surface area contributed by atoms with Gasteiger partial charge in [0.2, 0.25) is 5.89 Å². The maximum atomic E-state index is 5.68. The van der Waals surface area contributed by atoms with Gasteiger partial charge in [-0.25, -0.2) is 0 Å². The molecule has 3 N–H and O–H groups in total. The van der Waals surface area contributed by atoms with Gasteiger partial charge in [0.15, 0.2) is 6.33 Å². The lowest BCUT2D eigenvalue weighted by Crippen LogP contribution is -2.14. The molecular formula is C12H14N4OS. The molecule has 0 unspecified atom stereocenters. The average Bonchev–Trinajstić information content (AvgIpc) is 2.82. The fourth-order valence-electron chi connectivity index (χ4n) is 1.63. The Hall–Kier alpha value is -1.95. The summed E-state index contributed by atoms with van der Waals surface area (Å²) in [5.74, 6) is 0.604. The van der Waals surface area contributed by atoms with Crippen molar-refractivity contribution in [1.82, 2.24) is 10.1 Å². The first kappa shape index (κ1) is 12.5. The lowest BCUT2D eigenvalue weighted by Gasteiger charge is -2.11. The summed E-state index contributed by atoms with van der Waals surface area (Å²) in [7, 11) is 0. The summed E-state index contributed by atoms with van der Waals surface area (Å²) in [6, 6.07) is 5.92. The first-order valence-corrected chi connectivity index (χ1v) is 5.97. The summed E-state index contributed by atoms with van der Waals surface area (Å²) in [5, 5.41) is 6.83. The monoisotopic (exact) mass is 262 g/mol. The molecule has 0 saturated carbocycles. The van der Waals surface area contributed by atoms with E-state index in [1.165, 1.54) is 6.33 Å². The fraction of sp³-hybridized carbons (Fsp3) is 0.250. The molecule has 6 heteroatoms. The van der Waals surface area contributed by atoms with Gasteiger partial charge in [-0.05, 0) is 24.6 Å². The number of aryl methyl sites for hydroxylation is 1. The van der Waals surface area contributed by atoms with E-state index in [9.17, 15) is 0 Å². The average molecular weight is 262 g/mol. The van der Waals surface area contributed by atoms with Crippen LogP contribution in [-0.4, -0.2) is 21.7 Å². The van der Waals surface area contributed by atoms with Crippen molar-refractivity contribution in [3.8, 4) is 0 Å². The second-order valence-electron chi connectivity index (χ2n) is 3.93. The fourth-order valence-corrected chi connectivity index (χ4v) is 1.81. The van der Waals surface area contributed by atoms with Crippen LogP contribution in [0.4, 0.5) is 5.69 Å². The Balaban J connectivity index is 2.03. The smallest absolute Gasteiger partial charge is 0.228 e. The molecule has 0 fully saturated rings. The SMILES string of the molecule is Cc1ccc(C(N)=S)c(NCCc2ncno2)c1. The number of thiocarbonyl (C=S) groups is 1. The third-order valence-corrected chi connectivity index (χ3v) is 2.72. The number of benzene rings is 1. The van der Waals surface area contributed by atoms with Crippen LogP contribution in [0.3, 0.4) is 0 Å². The van der Waals surface area contributed by atoms with Gasteiger partial charge < -0.3 is 15.6 Å². The predicted octanol–water partition coefficient (Wildman–Crippen LogP) is 1.67. The molecule has 94 valence electrons. The molecule has 0 amide bonds. The van der Waals surface area contributed by atoms with Gasteiger partial charge in [0.05, 0.1) is 0 Å². The van der Waals surface area contributed by atoms with Crippen LogP contribution in [-0.2, 0) is 6.42 Å². The topological polar surface area (TPSA) is 77.0 Å². The van der Waals surface area contributed by atoms with Gasteiger partial charge in [0, 0.05) is 24.2 Å². The van der Waals surface area contributed by atoms with Crippen molar-refractivity contribution < 1.29 is 4.52 Å². The van der Waals surface area contributed by atoms with E-state index in [1.54, 1.807) is 0 Å². The van der Waals surface area contributed by atoms with Gasteiger partial charge in [0.1, 0.15) is 4.99 Å². The highest BCUT2D eigenvalue weighted by molar-refractivity contribution is 7.80. The molecule has 0 aliphatic heterocycles. The normalized spacial score (nSPS) is 10.3. The van der Waals surface area contributed by atoms with E-state index < -0.39 is 0 Å². The number of nitrogens with one attached hydrogen (secondary N) is 1. The van der Waals surface area contributed by atoms with Crippen LogP contribution in [0.5, 0.6) is 0 Å². The Labute approximate surface area is 110 Å². The van der Waals surface area contributed by atoms with Crippen molar-refractivity contribution in [1.29, 1.82) is 0 Å². The third kappa shape index (κ3) is 3.04. The van der Waals surface area contributed by atoms with E-state index in [1.807, 2.05) is 25.1 Å². The van der Waals surface area contributed by atoms with E-state index >= 15 is 0 Å². The van der Waals surface area contributed by atoms with Gasteiger partial charge in [-0.2, -0.15) is 4.98 Å². The van der Waals surface area contributed by atoms with Crippen molar-refractivity contribution in [3.05, 3.63) is 41.5 Å². The Bertz CT molecular complexity index is 539. The largest absolute Gasteiger partial charge is 0.389 e. The molecule has 1 aromatic carbocycles. The first-order chi connectivity index (χ1) is 8.66. The predicted molar refractivity (Wildman–Crippen MR) is 73.6 cm³/mol. The zero-order valence-electron chi connectivity index (χ0n) is 10.0. The minimum absolute atomic E-state index is 0.385. The molecule has 0 radical (unpaired) electrons. The highest BCUT2D eigenvalue weighted by atomic mass is 32.1. The van der Waals surface area contributed by atoms with Gasteiger partial charge >= 0.3 is 0 Å². The molecule has 0 saturated heterocycles. The van der Waals surface area contributed by atoms with E-state index in [-0.39, 0.29) is 0 Å². The molecule has 18 heavy (non-hydrogen) atoms. The number of nitrogens with two attached hydrogens (primary N) is 1. The second kappa shape index (κ2) is 5.59. The molecular weight excluding hydrogens is 248 g/mol. The van der Waals surface area contributed by atoms with Gasteiger partial charge in [-0.3, -0.25) is 0 Å². The van der Waals surface area contributed by atoms with Crippen molar-refractivity contribution in [3.63, 3.8) is 0 Å². The van der Waals surface area contributed by atoms with Gasteiger partial charge in [0.25, 0.3) is 0 Å². The van der Waals surface area contributed by atoms with Crippen LogP contribution >= 0.6 is 12.2 Å². The summed E-state index contributed by atoms with van der Waals surface area (Å²) in [5.41, 5.74) is 8.61. The molecule has 5 nitrogen and oxygen atoms in total. The number of aromatic nitrogens is 2. The van der Waals surface area contributed by atoms with E-state index in [0.29, 0.717) is 23.8 Å². The molecule has 0 atom stereocenters. The Morgan fingerprint density at radius 2 is 2.33 bits per heavy atom. The van der Waals surface area contributed by atoms with Crippen LogP contribution in [0.2, 0.25) is 0 Å². The molecule has 0 aliphatic carbocycles. The summed E-state index contributed by atoms with van der Waals surface area (Å²) in [6.45, 7) is 2.70. The van der Waals surface area contributed by atoms with E-state index in [4.69, 9.17) is 22.5 Å². The van der Waals surface area contributed by atoms with Crippen molar-refractivity contribution in [2.24, 2.45) is 5.73 Å². The summed E-state index contributed by atoms with van der Waals surface area (Å²) in [6.07, 6.45) is 2.05. The molecule has 2 rings (SSSR count). The third-order valence-electron chi connectivity index (χ3n) is 2.50. The zero-order chi connectivity index (χ0) is 13.0. The van der Waals surface area contributed by atoms with Crippen LogP contribution in [0.15, 0.2) is 29.0 Å². The van der Waals surface area contributed by atoms with Crippen LogP contribution in [0, 0.1) is 6.92 Å². The second-order valence-corrected chi connectivity index (χ2v) is 4.36. The summed E-state index contributed by atoms with van der Waals surface area (Å²) < 4.78 is 4.92. The van der Waals surface area contributed by atoms with Gasteiger partial charge in [-0.1, -0.05) is 23.4 Å². The zero-order valence-corrected chi connectivity index (χ0v) is 10.8. The van der Waals surface area contributed by atoms with E-state index in [2.05, 4.69) is 15.5 Å². The number of nitrogens with zero attached hydrogens (tertiary/aromatic N) is 2. The van der Waals surface area contributed by atoms with Crippen LogP contribution < -0.4 is 11.1 Å². The van der Waals surface area contributed by atoms with Crippen molar-refractivity contribution in [2.75, 3.05) is 11.9 Å². The standard InChI is InChI=1S/C12H14N4OS/c1-8-2-3-9(12(13)18)10(6-8)14-5-4-11-15-7-16-17-11/h2-3,6-7,14H,4-5H2,1H3,(H2,13,18). The highest BCUT2D eigenvalue weighted by Crippen LogP contribution is 2.17. The van der Waals surface area contributed by atoms with Crippen molar-refractivity contribution in [2.45, 2.75) is 13.3 Å². The highest BCUT2D eigenvalue weighted by Gasteiger charge is 2.06. The first-order valence-electron chi connectivity index (χ1n) is 5.56. The number of hydrogen-bond acceptors (Lipinski definition) is 5. The Morgan fingerprint density at radius 1 is 1.50 bits per heavy atom. The molecule has 0 spiro atoms. The number of hydrogen-bond donors (Lipinski definition) is 2. The van der Waals surface area contributed by atoms with Crippen LogP contribution in [0.1, 0.15) is 17.0 Å². The molecule has 1 heterocycles. The molecule has 1 aromatic heterocycles. The number of anilines is 1. The Morgan fingerprint density at radius 3 is 3.00 bits per heavy atom. The lowest BCUT2D eigenvalue weighted by atomic mass is 10.1. The van der Waals surface area contributed by atoms with Gasteiger partial charge in [-0.15, -0.1) is 0 Å². The molecule has 0 aliphatic rings. The van der Waals surface area contributed by atoms with E-state index in [0.717, 1.165) is 16.8 Å². The minimum Gasteiger partial charge on any atom is -0.389 e. The summed E-state index contributed by atoms with van der Waals surface area (Å²) >= 11 is 5.02. The minimum atomic E-state index is 0.385.